The lowest BCUT2D eigenvalue weighted by Gasteiger charge is -2.23. The van der Waals surface area contributed by atoms with E-state index in [4.69, 9.17) is 4.74 Å². The Balaban J connectivity index is 2.54. The minimum Gasteiger partial charge on any atom is -0.477 e. The number of carboxylic acid groups (broad SMARTS) is 1. The van der Waals surface area contributed by atoms with Gasteiger partial charge in [-0.2, -0.15) is 0 Å². The smallest absolute Gasteiger partial charge is 0.352 e. The van der Waals surface area contributed by atoms with Crippen LogP contribution in [-0.4, -0.2) is 33.1 Å². The molecule has 1 aromatic carbocycles. The molecule has 0 atom stereocenters. The van der Waals surface area contributed by atoms with Crippen LogP contribution in [0.2, 0.25) is 0 Å². The first-order chi connectivity index (χ1) is 13.1. The summed E-state index contributed by atoms with van der Waals surface area (Å²) in [5.41, 5.74) is 0.878. The number of carbonyl (C=O) groups is 2. The van der Waals surface area contributed by atoms with Crippen molar-refractivity contribution < 1.29 is 24.4 Å². The summed E-state index contributed by atoms with van der Waals surface area (Å²) < 4.78 is 6.61. The average Bonchev–Trinajstić information content (AvgIpc) is 2.99. The highest BCUT2D eigenvalue weighted by molar-refractivity contribution is 9.08. The third kappa shape index (κ3) is 4.41. The number of nitro benzene ring substituents is 1. The van der Waals surface area contributed by atoms with Crippen LogP contribution in [0, 0.1) is 15.5 Å². The van der Waals surface area contributed by atoms with Gasteiger partial charge in [0.1, 0.15) is 5.69 Å². The van der Waals surface area contributed by atoms with Crippen LogP contribution in [0.25, 0.3) is 11.1 Å². The number of esters is 1. The molecule has 0 saturated heterocycles. The molecular formula is C19H21BrN2O6. The van der Waals surface area contributed by atoms with Crippen molar-refractivity contribution in [2.45, 2.75) is 32.6 Å². The van der Waals surface area contributed by atoms with Gasteiger partial charge in [-0.3, -0.25) is 14.9 Å². The zero-order valence-corrected chi connectivity index (χ0v) is 17.4. The van der Waals surface area contributed by atoms with Crippen molar-refractivity contribution in [1.82, 2.24) is 4.57 Å². The molecule has 0 spiro atoms. The van der Waals surface area contributed by atoms with E-state index in [2.05, 4.69) is 15.9 Å². The van der Waals surface area contributed by atoms with Crippen molar-refractivity contribution in [3.8, 4) is 11.1 Å². The Bertz CT molecular complexity index is 902. The highest BCUT2D eigenvalue weighted by Crippen LogP contribution is 2.33. The fourth-order valence-corrected chi connectivity index (χ4v) is 3.51. The summed E-state index contributed by atoms with van der Waals surface area (Å²) in [6, 6.07) is 5.89. The Morgan fingerprint density at radius 2 is 1.89 bits per heavy atom. The number of ether oxygens (including phenoxy) is 1. The normalized spacial score (nSPS) is 11.3. The predicted molar refractivity (Wildman–Crippen MR) is 107 cm³/mol. The van der Waals surface area contributed by atoms with Gasteiger partial charge < -0.3 is 14.4 Å². The zero-order chi connectivity index (χ0) is 21.1. The Hall–Kier alpha value is -2.68. The van der Waals surface area contributed by atoms with E-state index in [1.807, 2.05) is 0 Å². The van der Waals surface area contributed by atoms with E-state index < -0.39 is 22.3 Å². The van der Waals surface area contributed by atoms with Gasteiger partial charge in [0.05, 0.1) is 16.9 Å². The van der Waals surface area contributed by atoms with Gasteiger partial charge in [-0.1, -0.05) is 15.9 Å². The Morgan fingerprint density at radius 1 is 1.29 bits per heavy atom. The van der Waals surface area contributed by atoms with Crippen molar-refractivity contribution in [3.05, 3.63) is 51.8 Å². The quantitative estimate of drug-likeness (QED) is 0.277. The fourth-order valence-electron chi connectivity index (χ4n) is 2.94. The molecular weight excluding hydrogens is 432 g/mol. The lowest BCUT2D eigenvalue weighted by Crippen LogP contribution is -2.32. The first-order valence-electron chi connectivity index (χ1n) is 8.55. The van der Waals surface area contributed by atoms with Crippen LogP contribution >= 0.6 is 15.9 Å². The van der Waals surface area contributed by atoms with Gasteiger partial charge in [-0.05, 0) is 38.5 Å². The summed E-state index contributed by atoms with van der Waals surface area (Å²) in [6.07, 6.45) is 1.65. The van der Waals surface area contributed by atoms with Crippen LogP contribution in [0.3, 0.4) is 0 Å². The minimum absolute atomic E-state index is 0.0505. The second kappa shape index (κ2) is 8.55. The van der Waals surface area contributed by atoms with Gasteiger partial charge in [0.25, 0.3) is 5.69 Å². The number of hydrogen-bond acceptors (Lipinski definition) is 5. The van der Waals surface area contributed by atoms with Gasteiger partial charge in [0.2, 0.25) is 0 Å². The number of aromatic carboxylic acids is 1. The van der Waals surface area contributed by atoms with Crippen LogP contribution in [0.1, 0.15) is 36.8 Å². The number of non-ortho nitro benzene ring substituents is 1. The summed E-state index contributed by atoms with van der Waals surface area (Å²) in [6.45, 7) is 5.44. The summed E-state index contributed by atoms with van der Waals surface area (Å²) in [7, 11) is 0. The number of aromatic nitrogens is 1. The second-order valence-corrected chi connectivity index (χ2v) is 7.41. The molecule has 150 valence electrons. The van der Waals surface area contributed by atoms with E-state index >= 15 is 0 Å². The molecule has 2 aromatic rings. The van der Waals surface area contributed by atoms with Gasteiger partial charge in [-0.15, -0.1) is 0 Å². The molecule has 0 aliphatic heterocycles. The summed E-state index contributed by atoms with van der Waals surface area (Å²) in [5, 5.41) is 20.9. The SMILES string of the molecule is CCOC(=O)C(C)(C)Cn1cc(-c2ccc([N+](=O)[O-])cc2)c(CBr)c1C(=O)O. The van der Waals surface area contributed by atoms with E-state index in [0.29, 0.717) is 16.7 Å². The molecule has 28 heavy (non-hydrogen) atoms. The number of nitrogens with zero attached hydrogens (tertiary/aromatic N) is 2. The van der Waals surface area contributed by atoms with Crippen molar-refractivity contribution in [3.63, 3.8) is 0 Å². The van der Waals surface area contributed by atoms with Gasteiger partial charge in [0, 0.05) is 41.3 Å². The van der Waals surface area contributed by atoms with Crippen LogP contribution in [0.4, 0.5) is 5.69 Å². The van der Waals surface area contributed by atoms with Crippen LogP contribution < -0.4 is 0 Å². The predicted octanol–water partition coefficient (Wildman–Crippen LogP) is 4.25. The average molecular weight is 453 g/mol. The minimum atomic E-state index is -1.12. The standard InChI is InChI=1S/C19H21BrN2O6/c1-4-28-18(25)19(2,3)11-21-10-15(14(9-20)16(21)17(23)24)12-5-7-13(8-6-12)22(26)27/h5-8,10H,4,9,11H2,1-3H3,(H,23,24). The van der Waals surface area contributed by atoms with Crippen molar-refractivity contribution in [2.24, 2.45) is 5.41 Å². The van der Waals surface area contributed by atoms with E-state index in [-0.39, 0.29) is 29.9 Å². The summed E-state index contributed by atoms with van der Waals surface area (Å²) >= 11 is 3.33. The number of alkyl halides is 1. The van der Waals surface area contributed by atoms with Gasteiger partial charge in [0.15, 0.2) is 0 Å². The first kappa shape index (κ1) is 21.6. The molecule has 0 amide bonds. The third-order valence-electron chi connectivity index (χ3n) is 4.30. The lowest BCUT2D eigenvalue weighted by molar-refractivity contribution is -0.384. The number of carbonyl (C=O) groups excluding carboxylic acids is 1. The highest BCUT2D eigenvalue weighted by atomic mass is 79.9. The Labute approximate surface area is 170 Å². The molecule has 9 heteroatoms. The molecule has 1 N–H and O–H groups in total. The number of benzene rings is 1. The largest absolute Gasteiger partial charge is 0.477 e. The number of rotatable bonds is 8. The third-order valence-corrected chi connectivity index (χ3v) is 4.86. The maximum atomic E-state index is 12.2. The molecule has 0 bridgehead atoms. The van der Waals surface area contributed by atoms with E-state index in [1.165, 1.54) is 16.7 Å². The second-order valence-electron chi connectivity index (χ2n) is 6.84. The molecule has 1 heterocycles. The number of halogens is 1. The van der Waals surface area contributed by atoms with Crippen LogP contribution in [-0.2, 0) is 21.4 Å². The number of hydrogen-bond donors (Lipinski definition) is 1. The molecule has 2 rings (SSSR count). The maximum Gasteiger partial charge on any atom is 0.352 e. The Morgan fingerprint density at radius 3 is 2.36 bits per heavy atom. The first-order valence-corrected chi connectivity index (χ1v) is 9.67. The van der Waals surface area contributed by atoms with E-state index in [1.54, 1.807) is 39.1 Å². The van der Waals surface area contributed by atoms with E-state index in [0.717, 1.165) is 0 Å². The molecule has 0 unspecified atom stereocenters. The molecule has 0 aliphatic rings. The van der Waals surface area contributed by atoms with Crippen LogP contribution in [0.15, 0.2) is 30.5 Å². The van der Waals surface area contributed by atoms with Gasteiger partial charge in [-0.25, -0.2) is 4.79 Å². The lowest BCUT2D eigenvalue weighted by atomic mass is 9.93. The highest BCUT2D eigenvalue weighted by Gasteiger charge is 2.32. The number of nitro groups is 1. The topological polar surface area (TPSA) is 112 Å². The molecule has 0 aliphatic carbocycles. The molecule has 0 saturated carbocycles. The summed E-state index contributed by atoms with van der Waals surface area (Å²) in [4.78, 5) is 34.5. The molecule has 1 aromatic heterocycles. The summed E-state index contributed by atoms with van der Waals surface area (Å²) in [5.74, 6) is -1.54. The van der Waals surface area contributed by atoms with Crippen LogP contribution in [0.5, 0.6) is 0 Å². The number of carboxylic acids is 1. The zero-order valence-electron chi connectivity index (χ0n) is 15.8. The van der Waals surface area contributed by atoms with Gasteiger partial charge >= 0.3 is 11.9 Å². The van der Waals surface area contributed by atoms with E-state index in [9.17, 15) is 24.8 Å². The molecule has 0 radical (unpaired) electrons. The monoisotopic (exact) mass is 452 g/mol. The van der Waals surface area contributed by atoms with Crippen molar-refractivity contribution in [1.29, 1.82) is 0 Å². The Kier molecular flexibility index (Phi) is 6.60. The van der Waals surface area contributed by atoms with Crippen molar-refractivity contribution in [2.75, 3.05) is 6.61 Å². The van der Waals surface area contributed by atoms with Crippen molar-refractivity contribution >= 4 is 33.6 Å². The molecule has 8 nitrogen and oxygen atoms in total. The fraction of sp³-hybridized carbons (Fsp3) is 0.368. The molecule has 0 fully saturated rings. The maximum absolute atomic E-state index is 12.2.